The first-order valence-electron chi connectivity index (χ1n) is 8.83. The number of rotatable bonds is 2. The van der Waals surface area contributed by atoms with Crippen molar-refractivity contribution in [1.82, 2.24) is 0 Å². The molecule has 0 atom stereocenters. The van der Waals surface area contributed by atoms with E-state index in [1.54, 1.807) is 12.1 Å². The first-order chi connectivity index (χ1) is 11.9. The topological polar surface area (TPSA) is 55.8 Å². The van der Waals surface area contributed by atoms with E-state index in [1.165, 1.54) is 0 Å². The van der Waals surface area contributed by atoms with Crippen LogP contribution in [0, 0.1) is 0 Å². The third-order valence-corrected chi connectivity index (χ3v) is 6.19. The van der Waals surface area contributed by atoms with Gasteiger partial charge in [-0.05, 0) is 39.7 Å². The van der Waals surface area contributed by atoms with Gasteiger partial charge in [-0.1, -0.05) is 65.8 Å². The van der Waals surface area contributed by atoms with Crippen LogP contribution in [0.15, 0.2) is 36.4 Å². The smallest absolute Gasteiger partial charge is 0.435 e. The molecule has 0 amide bonds. The molecule has 5 heteroatoms. The molecule has 0 aliphatic carbocycles. The van der Waals surface area contributed by atoms with Crippen LogP contribution in [0.25, 0.3) is 0 Å². The van der Waals surface area contributed by atoms with Crippen molar-refractivity contribution >= 4 is 7.60 Å². The summed E-state index contributed by atoms with van der Waals surface area (Å²) in [6.07, 6.45) is 0.161. The Labute approximate surface area is 155 Å². The van der Waals surface area contributed by atoms with Gasteiger partial charge in [0.15, 0.2) is 11.5 Å². The number of fused-ring (bicyclic) bond motifs is 1. The fourth-order valence-corrected chi connectivity index (χ4v) is 4.83. The van der Waals surface area contributed by atoms with Crippen LogP contribution in [0.1, 0.15) is 58.2 Å². The van der Waals surface area contributed by atoms with E-state index in [0.29, 0.717) is 17.2 Å². The van der Waals surface area contributed by atoms with Gasteiger partial charge < -0.3 is 14.2 Å². The quantitative estimate of drug-likeness (QED) is 0.640. The lowest BCUT2D eigenvalue weighted by Crippen LogP contribution is -2.18. The molecule has 0 aromatic heterocycles. The molecule has 2 aromatic carbocycles. The highest BCUT2D eigenvalue weighted by Gasteiger charge is 2.37. The minimum absolute atomic E-state index is 0.161. The number of hydrogen-bond acceptors (Lipinski definition) is 4. The summed E-state index contributed by atoms with van der Waals surface area (Å²) in [7, 11) is -3.31. The summed E-state index contributed by atoms with van der Waals surface area (Å²) in [6, 6.07) is 11.0. The Morgan fingerprint density at radius 2 is 1.31 bits per heavy atom. The molecule has 2 aromatic rings. The lowest BCUT2D eigenvalue weighted by Gasteiger charge is -2.28. The fourth-order valence-electron chi connectivity index (χ4n) is 3.14. The molecule has 4 nitrogen and oxygen atoms in total. The molecule has 1 N–H and O–H groups in total. The first kappa shape index (κ1) is 18.8. The minimum atomic E-state index is -3.31. The maximum absolute atomic E-state index is 13.1. The van der Waals surface area contributed by atoms with Crippen LogP contribution in [0.3, 0.4) is 0 Å². The van der Waals surface area contributed by atoms with Crippen LogP contribution in [-0.2, 0) is 21.6 Å². The summed E-state index contributed by atoms with van der Waals surface area (Å²) >= 11 is 0. The van der Waals surface area contributed by atoms with Crippen molar-refractivity contribution in [3.63, 3.8) is 0 Å². The molecule has 1 heterocycles. The van der Waals surface area contributed by atoms with Gasteiger partial charge in [0.2, 0.25) is 0 Å². The Morgan fingerprint density at radius 3 is 1.69 bits per heavy atom. The molecule has 1 aliphatic rings. The van der Waals surface area contributed by atoms with Crippen molar-refractivity contribution in [2.45, 2.75) is 58.5 Å². The summed E-state index contributed by atoms with van der Waals surface area (Å²) in [4.78, 5) is 0. The molecule has 140 valence electrons. The van der Waals surface area contributed by atoms with E-state index in [-0.39, 0.29) is 17.0 Å². The van der Waals surface area contributed by atoms with Gasteiger partial charge in [0.25, 0.3) is 0 Å². The maximum Gasteiger partial charge on any atom is 0.435 e. The number of phenols is 1. The van der Waals surface area contributed by atoms with Crippen molar-refractivity contribution in [2.24, 2.45) is 0 Å². The maximum atomic E-state index is 13.1. The standard InChI is InChI=1S/C21H27O4P/c1-20(2,3)15-11-14(12-16(19(15)22)21(4,5)6)13-26(23)24-17-9-7-8-10-18(17)25-26/h7-12,22H,13H2,1-6H3. The fraction of sp³-hybridized carbons (Fsp3) is 0.429. The number of aromatic hydroxyl groups is 1. The van der Waals surface area contributed by atoms with E-state index < -0.39 is 7.60 Å². The third-order valence-electron chi connectivity index (χ3n) is 4.49. The SMILES string of the molecule is CC(C)(C)c1cc(CP2(=O)Oc3ccccc3O2)cc(C(C)(C)C)c1O. The molecule has 0 unspecified atom stereocenters. The van der Waals surface area contributed by atoms with Crippen LogP contribution in [0.2, 0.25) is 0 Å². The predicted octanol–water partition coefficient (Wildman–Crippen LogP) is 6.15. The van der Waals surface area contributed by atoms with Gasteiger partial charge in [-0.15, -0.1) is 0 Å². The molecular weight excluding hydrogens is 347 g/mol. The van der Waals surface area contributed by atoms with Gasteiger partial charge in [-0.3, -0.25) is 0 Å². The molecule has 0 spiro atoms. The van der Waals surface area contributed by atoms with Crippen molar-refractivity contribution in [3.8, 4) is 17.2 Å². The summed E-state index contributed by atoms with van der Waals surface area (Å²) in [5.74, 6) is 1.34. The molecule has 26 heavy (non-hydrogen) atoms. The molecular formula is C21H27O4P. The second-order valence-corrected chi connectivity index (χ2v) is 10.8. The van der Waals surface area contributed by atoms with Gasteiger partial charge in [-0.2, -0.15) is 0 Å². The predicted molar refractivity (Wildman–Crippen MR) is 105 cm³/mol. The summed E-state index contributed by atoms with van der Waals surface area (Å²) in [5, 5.41) is 10.8. The monoisotopic (exact) mass is 374 g/mol. The molecule has 1 aliphatic heterocycles. The molecule has 0 saturated carbocycles. The van der Waals surface area contributed by atoms with Gasteiger partial charge in [0.1, 0.15) is 5.75 Å². The molecule has 0 saturated heterocycles. The molecule has 0 radical (unpaired) electrons. The van der Waals surface area contributed by atoms with Crippen LogP contribution in [0.5, 0.6) is 17.2 Å². The zero-order valence-electron chi connectivity index (χ0n) is 16.3. The van der Waals surface area contributed by atoms with E-state index in [1.807, 2.05) is 24.3 Å². The van der Waals surface area contributed by atoms with Crippen molar-refractivity contribution in [1.29, 1.82) is 0 Å². The van der Waals surface area contributed by atoms with Crippen LogP contribution < -0.4 is 9.05 Å². The van der Waals surface area contributed by atoms with E-state index in [4.69, 9.17) is 9.05 Å². The Bertz CT molecular complexity index is 824. The summed E-state index contributed by atoms with van der Waals surface area (Å²) in [6.45, 7) is 12.3. The van der Waals surface area contributed by atoms with Crippen molar-refractivity contribution in [3.05, 3.63) is 53.1 Å². The highest BCUT2D eigenvalue weighted by atomic mass is 31.2. The van der Waals surface area contributed by atoms with Crippen LogP contribution >= 0.6 is 7.60 Å². The number of benzene rings is 2. The summed E-state index contributed by atoms with van der Waals surface area (Å²) in [5.41, 5.74) is 2.03. The van der Waals surface area contributed by atoms with Crippen molar-refractivity contribution < 1.29 is 18.7 Å². The van der Waals surface area contributed by atoms with Gasteiger partial charge >= 0.3 is 7.60 Å². The lowest BCUT2D eigenvalue weighted by molar-refractivity contribution is 0.419. The number of phenolic OH excluding ortho intramolecular Hbond substituents is 1. The van der Waals surface area contributed by atoms with Gasteiger partial charge in [0, 0.05) is 0 Å². The second-order valence-electron chi connectivity index (χ2n) is 8.94. The van der Waals surface area contributed by atoms with Crippen LogP contribution in [-0.4, -0.2) is 5.11 Å². The average molecular weight is 374 g/mol. The zero-order valence-corrected chi connectivity index (χ0v) is 17.2. The molecule has 0 fully saturated rings. The third kappa shape index (κ3) is 3.61. The number of para-hydroxylation sites is 2. The first-order valence-corrected chi connectivity index (χ1v) is 10.6. The number of hydrogen-bond donors (Lipinski definition) is 1. The second kappa shape index (κ2) is 6.06. The van der Waals surface area contributed by atoms with Crippen LogP contribution in [0.4, 0.5) is 0 Å². The highest BCUT2D eigenvalue weighted by molar-refractivity contribution is 7.54. The minimum Gasteiger partial charge on any atom is -0.507 e. The Balaban J connectivity index is 2.02. The Hall–Kier alpha value is -1.93. The highest BCUT2D eigenvalue weighted by Crippen LogP contribution is 2.60. The lowest BCUT2D eigenvalue weighted by atomic mass is 9.78. The normalized spacial score (nSPS) is 15.9. The largest absolute Gasteiger partial charge is 0.507 e. The van der Waals surface area contributed by atoms with Crippen molar-refractivity contribution in [2.75, 3.05) is 0 Å². The Kier molecular flexibility index (Phi) is 4.39. The van der Waals surface area contributed by atoms with E-state index in [2.05, 4.69) is 41.5 Å². The molecule has 0 bridgehead atoms. The zero-order chi connectivity index (χ0) is 19.3. The van der Waals surface area contributed by atoms with Gasteiger partial charge in [0.05, 0.1) is 6.16 Å². The summed E-state index contributed by atoms with van der Waals surface area (Å²) < 4.78 is 24.4. The van der Waals surface area contributed by atoms with E-state index in [9.17, 15) is 9.67 Å². The average Bonchev–Trinajstić information content (AvgIpc) is 2.82. The van der Waals surface area contributed by atoms with E-state index in [0.717, 1.165) is 16.7 Å². The Morgan fingerprint density at radius 1 is 0.885 bits per heavy atom. The van der Waals surface area contributed by atoms with Gasteiger partial charge in [-0.25, -0.2) is 4.57 Å². The molecule has 3 rings (SSSR count). The van der Waals surface area contributed by atoms with E-state index >= 15 is 0 Å².